The minimum absolute atomic E-state index is 0.107. The molecule has 3 aromatic rings. The third-order valence-electron chi connectivity index (χ3n) is 5.68. The van der Waals surface area contributed by atoms with Crippen LogP contribution in [0.25, 0.3) is 5.52 Å². The second-order valence-electron chi connectivity index (χ2n) is 8.44. The number of hydrogen-bond donors (Lipinski definition) is 0. The summed E-state index contributed by atoms with van der Waals surface area (Å²) in [5.74, 6) is -0.954. The van der Waals surface area contributed by atoms with Gasteiger partial charge in [0.1, 0.15) is 15.5 Å². The van der Waals surface area contributed by atoms with Gasteiger partial charge in [-0.15, -0.1) is 0 Å². The van der Waals surface area contributed by atoms with E-state index in [1.807, 2.05) is 26.0 Å². The van der Waals surface area contributed by atoms with Crippen LogP contribution in [0.3, 0.4) is 0 Å². The zero-order chi connectivity index (χ0) is 24.6. The first kappa shape index (κ1) is 25.2. The zero-order valence-electron chi connectivity index (χ0n) is 19.8. The minimum atomic E-state index is -4.05. The Morgan fingerprint density at radius 3 is 1.91 bits per heavy atom. The maximum absolute atomic E-state index is 13.8. The Balaban J connectivity index is 2.54. The molecule has 178 valence electrons. The van der Waals surface area contributed by atoms with Crippen LogP contribution in [0.1, 0.15) is 66.4 Å². The van der Waals surface area contributed by atoms with Gasteiger partial charge in [-0.05, 0) is 49.8 Å². The van der Waals surface area contributed by atoms with Crippen molar-refractivity contribution in [3.05, 3.63) is 64.5 Å². The molecule has 2 heterocycles. The SMILES string of the molecule is CCCS(=O)(=O)c1c(S(=O)(=O)CCC)c2c(C)cc(C)cn2c1C(=O)c1ccc(CC)cc1. The third kappa shape index (κ3) is 4.64. The van der Waals surface area contributed by atoms with Crippen LogP contribution >= 0.6 is 0 Å². The number of aryl methyl sites for hydroxylation is 3. The number of nitrogens with zero attached hydrogens (tertiary/aromatic N) is 1. The minimum Gasteiger partial charge on any atom is -0.311 e. The normalized spacial score (nSPS) is 12.4. The lowest BCUT2D eigenvalue weighted by atomic mass is 10.0. The Kier molecular flexibility index (Phi) is 7.19. The van der Waals surface area contributed by atoms with Gasteiger partial charge in [0.2, 0.25) is 5.78 Å². The van der Waals surface area contributed by atoms with E-state index in [2.05, 4.69) is 0 Å². The number of benzene rings is 1. The van der Waals surface area contributed by atoms with E-state index in [1.54, 1.807) is 45.2 Å². The summed E-state index contributed by atoms with van der Waals surface area (Å²) in [6.45, 7) is 9.02. The van der Waals surface area contributed by atoms with E-state index in [0.717, 1.165) is 17.5 Å². The van der Waals surface area contributed by atoms with Gasteiger partial charge in [0, 0.05) is 11.8 Å². The fraction of sp³-hybridized carbons (Fsp3) is 0.400. The highest BCUT2D eigenvalue weighted by Gasteiger charge is 2.37. The fourth-order valence-corrected chi connectivity index (χ4v) is 8.30. The number of rotatable bonds is 9. The lowest BCUT2D eigenvalue weighted by Crippen LogP contribution is -2.17. The van der Waals surface area contributed by atoms with E-state index in [0.29, 0.717) is 24.0 Å². The molecule has 0 atom stereocenters. The quantitative estimate of drug-likeness (QED) is 0.406. The molecule has 6 nitrogen and oxygen atoms in total. The Labute approximate surface area is 196 Å². The molecule has 0 N–H and O–H groups in total. The summed E-state index contributed by atoms with van der Waals surface area (Å²) in [6.07, 6.45) is 3.08. The van der Waals surface area contributed by atoms with Crippen molar-refractivity contribution in [2.75, 3.05) is 11.5 Å². The molecule has 0 saturated heterocycles. The van der Waals surface area contributed by atoms with Crippen LogP contribution < -0.4 is 0 Å². The average Bonchev–Trinajstić information content (AvgIpc) is 3.10. The summed E-state index contributed by atoms with van der Waals surface area (Å²) in [6, 6.07) is 8.79. The van der Waals surface area contributed by atoms with Crippen molar-refractivity contribution in [2.24, 2.45) is 0 Å². The molecule has 0 amide bonds. The molecule has 0 aliphatic heterocycles. The Hall–Kier alpha value is -2.45. The average molecular weight is 490 g/mol. The molecule has 1 aromatic carbocycles. The van der Waals surface area contributed by atoms with Gasteiger partial charge < -0.3 is 4.40 Å². The van der Waals surface area contributed by atoms with Crippen LogP contribution in [-0.2, 0) is 26.1 Å². The number of carbonyl (C=O) groups is 1. The third-order valence-corrected chi connectivity index (χ3v) is 9.74. The molecule has 0 unspecified atom stereocenters. The second kappa shape index (κ2) is 9.43. The highest BCUT2D eigenvalue weighted by atomic mass is 32.2. The predicted molar refractivity (Wildman–Crippen MR) is 131 cm³/mol. The van der Waals surface area contributed by atoms with Crippen molar-refractivity contribution in [1.82, 2.24) is 4.40 Å². The van der Waals surface area contributed by atoms with Gasteiger partial charge in [-0.2, -0.15) is 0 Å². The number of aromatic nitrogens is 1. The first-order chi connectivity index (χ1) is 15.5. The molecule has 0 radical (unpaired) electrons. The van der Waals surface area contributed by atoms with Crippen molar-refractivity contribution < 1.29 is 21.6 Å². The molecular weight excluding hydrogens is 458 g/mol. The molecule has 0 spiro atoms. The molecule has 0 bridgehead atoms. The number of pyridine rings is 1. The summed E-state index contributed by atoms with van der Waals surface area (Å²) in [4.78, 5) is 13.2. The van der Waals surface area contributed by atoms with Crippen molar-refractivity contribution in [3.63, 3.8) is 0 Å². The first-order valence-electron chi connectivity index (χ1n) is 11.2. The lowest BCUT2D eigenvalue weighted by molar-refractivity contribution is 0.103. The molecule has 0 saturated carbocycles. The largest absolute Gasteiger partial charge is 0.311 e. The van der Waals surface area contributed by atoms with E-state index < -0.39 is 25.5 Å². The Morgan fingerprint density at radius 2 is 1.39 bits per heavy atom. The summed E-state index contributed by atoms with van der Waals surface area (Å²) in [7, 11) is -8.01. The van der Waals surface area contributed by atoms with E-state index in [9.17, 15) is 21.6 Å². The van der Waals surface area contributed by atoms with Crippen LogP contribution in [0, 0.1) is 13.8 Å². The van der Waals surface area contributed by atoms with Gasteiger partial charge >= 0.3 is 0 Å². The maximum atomic E-state index is 13.8. The predicted octanol–water partition coefficient (Wildman–Crippen LogP) is 4.72. The van der Waals surface area contributed by atoms with Gasteiger partial charge in [0.25, 0.3) is 0 Å². The maximum Gasteiger partial charge on any atom is 0.211 e. The highest BCUT2D eigenvalue weighted by molar-refractivity contribution is 7.94. The van der Waals surface area contributed by atoms with Crippen molar-refractivity contribution >= 4 is 31.0 Å². The molecule has 33 heavy (non-hydrogen) atoms. The van der Waals surface area contributed by atoms with Crippen molar-refractivity contribution in [1.29, 1.82) is 0 Å². The standard InChI is InChI=1S/C25H31NO5S2/c1-6-13-32(28,29)24-21-18(5)15-17(4)16-26(21)22(25(24)33(30,31)14-7-2)23(27)20-11-9-19(8-3)10-12-20/h9-12,15-16H,6-8,13-14H2,1-5H3. The van der Waals surface area contributed by atoms with E-state index in [1.165, 1.54) is 4.40 Å². The van der Waals surface area contributed by atoms with Crippen molar-refractivity contribution in [2.45, 2.75) is 63.7 Å². The highest BCUT2D eigenvalue weighted by Crippen LogP contribution is 2.37. The monoisotopic (exact) mass is 489 g/mol. The zero-order valence-corrected chi connectivity index (χ0v) is 21.4. The van der Waals surface area contributed by atoms with Crippen LogP contribution in [0.4, 0.5) is 0 Å². The first-order valence-corrected chi connectivity index (χ1v) is 14.5. The van der Waals surface area contributed by atoms with Gasteiger partial charge in [-0.3, -0.25) is 4.79 Å². The summed E-state index contributed by atoms with van der Waals surface area (Å²) < 4.78 is 55.3. The van der Waals surface area contributed by atoms with Crippen LogP contribution in [0.2, 0.25) is 0 Å². The van der Waals surface area contributed by atoms with Gasteiger partial charge in [0.15, 0.2) is 19.7 Å². The molecule has 0 fully saturated rings. The molecule has 2 aromatic heterocycles. The second-order valence-corrected chi connectivity index (χ2v) is 12.5. The van der Waals surface area contributed by atoms with Crippen molar-refractivity contribution in [3.8, 4) is 0 Å². The van der Waals surface area contributed by atoms with Gasteiger partial charge in [0.05, 0.1) is 17.0 Å². The van der Waals surface area contributed by atoms with Gasteiger partial charge in [-0.1, -0.05) is 51.1 Å². The Bertz CT molecular complexity index is 1410. The fourth-order valence-electron chi connectivity index (χ4n) is 4.25. The smallest absolute Gasteiger partial charge is 0.211 e. The summed E-state index contributed by atoms with van der Waals surface area (Å²) in [5.41, 5.74) is 2.92. The number of carbonyl (C=O) groups excluding carboxylic acids is 1. The summed E-state index contributed by atoms with van der Waals surface area (Å²) in [5, 5.41) is 0. The molecular formula is C25H31NO5S2. The van der Waals surface area contributed by atoms with E-state index in [4.69, 9.17) is 0 Å². The molecule has 0 aliphatic rings. The van der Waals surface area contributed by atoms with E-state index >= 15 is 0 Å². The number of fused-ring (bicyclic) bond motifs is 1. The topological polar surface area (TPSA) is 89.8 Å². The Morgan fingerprint density at radius 1 is 0.848 bits per heavy atom. The van der Waals surface area contributed by atoms with Crippen LogP contribution in [0.5, 0.6) is 0 Å². The molecule has 0 aliphatic carbocycles. The lowest BCUT2D eigenvalue weighted by Gasteiger charge is -2.09. The number of hydrogen-bond acceptors (Lipinski definition) is 5. The number of sulfone groups is 2. The van der Waals surface area contributed by atoms with Crippen LogP contribution in [0.15, 0.2) is 46.3 Å². The van der Waals surface area contributed by atoms with E-state index in [-0.39, 0.29) is 32.5 Å². The molecule has 3 rings (SSSR count). The molecule has 8 heteroatoms. The van der Waals surface area contributed by atoms with Gasteiger partial charge in [-0.25, -0.2) is 16.8 Å². The van der Waals surface area contributed by atoms with Crippen LogP contribution in [-0.4, -0.2) is 38.5 Å². The number of ketones is 1. The summed E-state index contributed by atoms with van der Waals surface area (Å²) >= 11 is 0.